The Balaban J connectivity index is 1.30. The number of nitrogens with one attached hydrogen (secondary N) is 1. The molecule has 152 valence electrons. The number of nitrogens with zero attached hydrogens (tertiary/aromatic N) is 3. The van der Waals surface area contributed by atoms with Crippen LogP contribution in [0.25, 0.3) is 6.08 Å². The van der Waals surface area contributed by atoms with E-state index in [1.54, 1.807) is 24.4 Å². The van der Waals surface area contributed by atoms with Gasteiger partial charge in [0.15, 0.2) is 0 Å². The van der Waals surface area contributed by atoms with E-state index >= 15 is 0 Å². The number of rotatable bonds is 5. The summed E-state index contributed by atoms with van der Waals surface area (Å²) in [6.45, 7) is 3.66. The molecule has 1 aliphatic rings. The van der Waals surface area contributed by atoms with Gasteiger partial charge in [0.25, 0.3) is 0 Å². The zero-order chi connectivity index (χ0) is 20.8. The predicted molar refractivity (Wildman–Crippen MR) is 119 cm³/mol. The van der Waals surface area contributed by atoms with Crippen LogP contribution in [0.5, 0.6) is 0 Å². The van der Waals surface area contributed by atoms with Gasteiger partial charge in [-0.25, -0.2) is 9.37 Å². The first kappa shape index (κ1) is 19.6. The molecule has 0 saturated carbocycles. The molecule has 1 amide bonds. The summed E-state index contributed by atoms with van der Waals surface area (Å²) in [4.78, 5) is 21.2. The Hall–Kier alpha value is -3.67. The number of pyridine rings is 1. The summed E-state index contributed by atoms with van der Waals surface area (Å²) in [7, 11) is 0. The summed E-state index contributed by atoms with van der Waals surface area (Å²) in [5.41, 5.74) is 2.50. The van der Waals surface area contributed by atoms with E-state index in [4.69, 9.17) is 0 Å². The second-order valence-electron chi connectivity index (χ2n) is 7.09. The lowest BCUT2D eigenvalue weighted by Gasteiger charge is -2.36. The fourth-order valence-electron chi connectivity index (χ4n) is 3.45. The smallest absolute Gasteiger partial charge is 0.248 e. The number of para-hydroxylation sites is 1. The van der Waals surface area contributed by atoms with Crippen LogP contribution < -0.4 is 15.1 Å². The van der Waals surface area contributed by atoms with Crippen molar-refractivity contribution in [3.8, 4) is 0 Å². The number of carbonyl (C=O) groups excluding carboxylic acids is 1. The Bertz CT molecular complexity index is 1010. The topological polar surface area (TPSA) is 48.5 Å². The molecule has 0 unspecified atom stereocenters. The van der Waals surface area contributed by atoms with Crippen LogP contribution in [0.2, 0.25) is 0 Å². The Morgan fingerprint density at radius 2 is 1.70 bits per heavy atom. The van der Waals surface area contributed by atoms with Crippen LogP contribution in [0.1, 0.15) is 5.56 Å². The van der Waals surface area contributed by atoms with Crippen molar-refractivity contribution in [2.45, 2.75) is 0 Å². The Morgan fingerprint density at radius 1 is 0.933 bits per heavy atom. The first-order chi connectivity index (χ1) is 14.7. The summed E-state index contributed by atoms with van der Waals surface area (Å²) >= 11 is 0. The first-order valence-electron chi connectivity index (χ1n) is 9.93. The third-order valence-corrected chi connectivity index (χ3v) is 5.02. The summed E-state index contributed by atoms with van der Waals surface area (Å²) in [5, 5.41) is 2.78. The minimum Gasteiger partial charge on any atom is -0.368 e. The number of hydrogen-bond donors (Lipinski definition) is 1. The third kappa shape index (κ3) is 5.03. The van der Waals surface area contributed by atoms with Gasteiger partial charge in [0.1, 0.15) is 11.6 Å². The summed E-state index contributed by atoms with van der Waals surface area (Å²) < 4.78 is 13.2. The lowest BCUT2D eigenvalue weighted by molar-refractivity contribution is -0.111. The standard InChI is InChI=1S/C24H23FN4O/c25-20-6-4-5-19(17-20)9-12-24(30)27-21-10-11-23(26-18-21)29-15-13-28(14-16-29)22-7-2-1-3-8-22/h1-12,17-18H,13-16H2,(H,27,30)/b12-9+. The van der Waals surface area contributed by atoms with Crippen molar-refractivity contribution in [3.63, 3.8) is 0 Å². The molecule has 0 atom stereocenters. The van der Waals surface area contributed by atoms with Gasteiger partial charge >= 0.3 is 0 Å². The molecule has 6 heteroatoms. The molecule has 30 heavy (non-hydrogen) atoms. The van der Waals surface area contributed by atoms with Crippen molar-refractivity contribution in [3.05, 3.63) is 90.4 Å². The highest BCUT2D eigenvalue weighted by Crippen LogP contribution is 2.20. The molecule has 1 fully saturated rings. The maximum atomic E-state index is 13.2. The molecule has 0 bridgehead atoms. The molecule has 3 aromatic rings. The maximum Gasteiger partial charge on any atom is 0.248 e. The molecule has 1 aliphatic heterocycles. The van der Waals surface area contributed by atoms with Crippen molar-refractivity contribution < 1.29 is 9.18 Å². The van der Waals surface area contributed by atoms with Gasteiger partial charge in [0, 0.05) is 37.9 Å². The van der Waals surface area contributed by atoms with Gasteiger partial charge in [-0.2, -0.15) is 0 Å². The molecule has 0 radical (unpaired) electrons. The molecule has 4 rings (SSSR count). The quantitative estimate of drug-likeness (QED) is 0.650. The van der Waals surface area contributed by atoms with E-state index in [-0.39, 0.29) is 11.7 Å². The third-order valence-electron chi connectivity index (χ3n) is 5.02. The number of carbonyl (C=O) groups is 1. The van der Waals surface area contributed by atoms with E-state index in [9.17, 15) is 9.18 Å². The average molecular weight is 402 g/mol. The molecule has 1 aromatic heterocycles. The molecule has 1 saturated heterocycles. The lowest BCUT2D eigenvalue weighted by atomic mass is 10.2. The zero-order valence-corrected chi connectivity index (χ0v) is 16.5. The largest absolute Gasteiger partial charge is 0.368 e. The highest BCUT2D eigenvalue weighted by atomic mass is 19.1. The summed E-state index contributed by atoms with van der Waals surface area (Å²) in [6, 6.07) is 20.3. The van der Waals surface area contributed by atoms with Gasteiger partial charge in [0.2, 0.25) is 5.91 Å². The Kier molecular flexibility index (Phi) is 6.03. The number of benzene rings is 2. The molecule has 0 aliphatic carbocycles. The highest BCUT2D eigenvalue weighted by Gasteiger charge is 2.18. The first-order valence-corrected chi connectivity index (χ1v) is 9.93. The van der Waals surface area contributed by atoms with Gasteiger partial charge in [-0.1, -0.05) is 30.3 Å². The van der Waals surface area contributed by atoms with Gasteiger partial charge in [-0.15, -0.1) is 0 Å². The van der Waals surface area contributed by atoms with Gasteiger partial charge < -0.3 is 15.1 Å². The van der Waals surface area contributed by atoms with Crippen LogP contribution in [0.3, 0.4) is 0 Å². The Morgan fingerprint density at radius 3 is 2.40 bits per heavy atom. The predicted octanol–water partition coefficient (Wildman–Crippen LogP) is 4.20. The number of halogens is 1. The van der Waals surface area contributed by atoms with E-state index in [1.165, 1.54) is 23.9 Å². The normalized spacial score (nSPS) is 14.2. The summed E-state index contributed by atoms with van der Waals surface area (Å²) in [5.74, 6) is 0.281. The van der Waals surface area contributed by atoms with E-state index in [1.807, 2.05) is 18.2 Å². The monoisotopic (exact) mass is 402 g/mol. The molecule has 1 N–H and O–H groups in total. The van der Waals surface area contributed by atoms with E-state index in [0.717, 1.165) is 32.0 Å². The van der Waals surface area contributed by atoms with Crippen LogP contribution in [-0.4, -0.2) is 37.1 Å². The number of amides is 1. The van der Waals surface area contributed by atoms with Crippen molar-refractivity contribution in [1.29, 1.82) is 0 Å². The zero-order valence-electron chi connectivity index (χ0n) is 16.5. The molecular formula is C24H23FN4O. The van der Waals surface area contributed by atoms with Crippen LogP contribution >= 0.6 is 0 Å². The average Bonchev–Trinajstić information content (AvgIpc) is 2.79. The molecule has 2 aromatic carbocycles. The fourth-order valence-corrected chi connectivity index (χ4v) is 3.45. The number of anilines is 3. The summed E-state index contributed by atoms with van der Waals surface area (Å²) in [6.07, 6.45) is 4.62. The van der Waals surface area contributed by atoms with Crippen LogP contribution in [0.15, 0.2) is 79.0 Å². The van der Waals surface area contributed by atoms with E-state index < -0.39 is 0 Å². The van der Waals surface area contributed by atoms with Crippen molar-refractivity contribution in [2.24, 2.45) is 0 Å². The van der Waals surface area contributed by atoms with Crippen LogP contribution in [0, 0.1) is 5.82 Å². The molecule has 0 spiro atoms. The van der Waals surface area contributed by atoms with Gasteiger partial charge in [-0.05, 0) is 48.0 Å². The lowest BCUT2D eigenvalue weighted by Crippen LogP contribution is -2.46. The fraction of sp³-hybridized carbons (Fsp3) is 0.167. The molecule has 2 heterocycles. The van der Waals surface area contributed by atoms with Crippen molar-refractivity contribution >= 4 is 29.2 Å². The van der Waals surface area contributed by atoms with Crippen molar-refractivity contribution in [2.75, 3.05) is 41.3 Å². The second-order valence-corrected chi connectivity index (χ2v) is 7.09. The number of piperazine rings is 1. The number of hydrogen-bond acceptors (Lipinski definition) is 4. The van der Waals surface area contributed by atoms with E-state index in [2.05, 4.69) is 44.4 Å². The highest BCUT2D eigenvalue weighted by molar-refractivity contribution is 6.01. The van der Waals surface area contributed by atoms with Gasteiger partial charge in [0.05, 0.1) is 11.9 Å². The SMILES string of the molecule is O=C(/C=C/c1cccc(F)c1)Nc1ccc(N2CCN(c3ccccc3)CC2)nc1. The minimum atomic E-state index is -0.332. The minimum absolute atomic E-state index is 0.287. The number of aromatic nitrogens is 1. The molecular weight excluding hydrogens is 379 g/mol. The molecule has 5 nitrogen and oxygen atoms in total. The van der Waals surface area contributed by atoms with Crippen LogP contribution in [0.4, 0.5) is 21.6 Å². The Labute approximate surface area is 175 Å². The van der Waals surface area contributed by atoms with Crippen LogP contribution in [-0.2, 0) is 4.79 Å². The second kappa shape index (κ2) is 9.22. The van der Waals surface area contributed by atoms with Crippen molar-refractivity contribution in [1.82, 2.24) is 4.98 Å². The maximum absolute atomic E-state index is 13.2. The van der Waals surface area contributed by atoms with E-state index in [0.29, 0.717) is 11.3 Å². The van der Waals surface area contributed by atoms with Gasteiger partial charge in [-0.3, -0.25) is 4.79 Å².